The highest BCUT2D eigenvalue weighted by Crippen LogP contribution is 2.50. The van der Waals surface area contributed by atoms with Crippen LogP contribution >= 0.6 is 0 Å². The van der Waals surface area contributed by atoms with E-state index in [0.717, 1.165) is 38.5 Å². The number of unbranched alkanes of at least 4 members (excludes halogenated alkanes) is 3. The fraction of sp³-hybridized carbons (Fsp3) is 0.720. The first-order valence-corrected chi connectivity index (χ1v) is 11.2. The number of hydrogen-bond donors (Lipinski definition) is 1. The minimum Gasteiger partial charge on any atom is -0.481 e. The molecule has 0 atom stereocenters. The molecule has 2 heteroatoms. The van der Waals surface area contributed by atoms with Gasteiger partial charge in [0.05, 0.1) is 5.41 Å². The van der Waals surface area contributed by atoms with Gasteiger partial charge in [-0.1, -0.05) is 38.3 Å². The van der Waals surface area contributed by atoms with Crippen LogP contribution in [0.2, 0.25) is 0 Å². The average molecular weight is 371 g/mol. The van der Waals surface area contributed by atoms with Crippen LogP contribution in [-0.2, 0) is 17.6 Å². The number of carbonyl (C=O) groups is 1. The molecule has 0 aromatic heterocycles. The van der Waals surface area contributed by atoms with Crippen molar-refractivity contribution in [3.63, 3.8) is 0 Å². The maximum absolute atomic E-state index is 11.3. The van der Waals surface area contributed by atoms with Crippen LogP contribution in [0.25, 0.3) is 0 Å². The summed E-state index contributed by atoms with van der Waals surface area (Å²) < 4.78 is 0. The SMILES string of the molecule is Cc1ccc(CCCCC2(C)CC2)c(CCCCCC2(C(=O)O)CC2)c1C. The predicted octanol–water partition coefficient (Wildman–Crippen LogP) is 6.78. The molecule has 2 aliphatic carbocycles. The van der Waals surface area contributed by atoms with Crippen molar-refractivity contribution in [1.29, 1.82) is 0 Å². The van der Waals surface area contributed by atoms with Gasteiger partial charge in [0.25, 0.3) is 0 Å². The molecule has 0 heterocycles. The van der Waals surface area contributed by atoms with Crippen LogP contribution in [0.1, 0.15) is 99.8 Å². The second kappa shape index (κ2) is 8.37. The van der Waals surface area contributed by atoms with Gasteiger partial charge in [-0.3, -0.25) is 4.79 Å². The maximum atomic E-state index is 11.3. The minimum atomic E-state index is -0.570. The first kappa shape index (κ1) is 20.4. The Labute approximate surface area is 165 Å². The van der Waals surface area contributed by atoms with E-state index in [1.165, 1.54) is 56.1 Å². The van der Waals surface area contributed by atoms with Crippen LogP contribution in [0.15, 0.2) is 12.1 Å². The average Bonchev–Trinajstić information content (AvgIpc) is 3.54. The molecule has 2 nitrogen and oxygen atoms in total. The lowest BCUT2D eigenvalue weighted by atomic mass is 9.89. The van der Waals surface area contributed by atoms with E-state index in [1.54, 1.807) is 11.1 Å². The molecule has 0 spiro atoms. The van der Waals surface area contributed by atoms with Gasteiger partial charge in [-0.2, -0.15) is 0 Å². The molecular weight excluding hydrogens is 332 g/mol. The second-order valence-corrected chi connectivity index (χ2v) is 9.81. The Kier molecular flexibility index (Phi) is 6.33. The molecule has 0 bridgehead atoms. The van der Waals surface area contributed by atoms with E-state index >= 15 is 0 Å². The Morgan fingerprint density at radius 2 is 1.59 bits per heavy atom. The Morgan fingerprint density at radius 1 is 0.926 bits per heavy atom. The van der Waals surface area contributed by atoms with E-state index in [1.807, 2.05) is 0 Å². The van der Waals surface area contributed by atoms with Crippen LogP contribution in [0.3, 0.4) is 0 Å². The second-order valence-electron chi connectivity index (χ2n) is 9.81. The van der Waals surface area contributed by atoms with Crippen molar-refractivity contribution in [2.45, 2.75) is 104 Å². The van der Waals surface area contributed by atoms with Gasteiger partial charge in [0.1, 0.15) is 0 Å². The molecule has 0 aliphatic heterocycles. The summed E-state index contributed by atoms with van der Waals surface area (Å²) in [7, 11) is 0. The third-order valence-corrected chi connectivity index (χ3v) is 7.44. The molecular formula is C25H38O2. The summed E-state index contributed by atoms with van der Waals surface area (Å²) in [5.74, 6) is -0.570. The molecule has 1 N–H and O–H groups in total. The van der Waals surface area contributed by atoms with Gasteiger partial charge in [-0.15, -0.1) is 0 Å². The molecule has 2 aliphatic rings. The third kappa shape index (κ3) is 5.36. The third-order valence-electron chi connectivity index (χ3n) is 7.44. The summed E-state index contributed by atoms with van der Waals surface area (Å²) in [6.07, 6.45) is 15.4. The largest absolute Gasteiger partial charge is 0.481 e. The van der Waals surface area contributed by atoms with Crippen molar-refractivity contribution in [3.8, 4) is 0 Å². The quantitative estimate of drug-likeness (QED) is 0.412. The fourth-order valence-electron chi connectivity index (χ4n) is 4.51. The van der Waals surface area contributed by atoms with Crippen LogP contribution < -0.4 is 0 Å². The molecule has 0 radical (unpaired) electrons. The monoisotopic (exact) mass is 370 g/mol. The molecule has 3 rings (SSSR count). The van der Waals surface area contributed by atoms with Gasteiger partial charge in [0.15, 0.2) is 0 Å². The van der Waals surface area contributed by atoms with E-state index < -0.39 is 5.97 Å². The summed E-state index contributed by atoms with van der Waals surface area (Å²) in [5.41, 5.74) is 6.35. The van der Waals surface area contributed by atoms with Gasteiger partial charge < -0.3 is 5.11 Å². The van der Waals surface area contributed by atoms with Gasteiger partial charge in [-0.25, -0.2) is 0 Å². The standard InChI is InChI=1S/C25H38O2/c1-19-11-12-21(9-6-8-13-24(3)15-16-24)22(20(19)2)10-5-4-7-14-25(17-18-25)23(26)27/h11-12H,4-10,13-18H2,1-3H3,(H,26,27). The first-order chi connectivity index (χ1) is 12.9. The Hall–Kier alpha value is -1.31. The van der Waals surface area contributed by atoms with Crippen LogP contribution in [0, 0.1) is 24.7 Å². The topological polar surface area (TPSA) is 37.3 Å². The predicted molar refractivity (Wildman–Crippen MR) is 112 cm³/mol. The molecule has 0 amide bonds. The number of rotatable bonds is 12. The number of carboxylic acid groups (broad SMARTS) is 1. The maximum Gasteiger partial charge on any atom is 0.309 e. The highest BCUT2D eigenvalue weighted by molar-refractivity contribution is 5.77. The lowest BCUT2D eigenvalue weighted by Gasteiger charge is -2.16. The zero-order valence-electron chi connectivity index (χ0n) is 17.7. The Bertz CT molecular complexity index is 665. The van der Waals surface area contributed by atoms with Crippen molar-refractivity contribution in [2.75, 3.05) is 0 Å². The normalized spacial score (nSPS) is 19.1. The number of aryl methyl sites for hydroxylation is 2. The van der Waals surface area contributed by atoms with Crippen LogP contribution in [0.5, 0.6) is 0 Å². The molecule has 1 aromatic carbocycles. The van der Waals surface area contributed by atoms with Crippen molar-refractivity contribution in [1.82, 2.24) is 0 Å². The van der Waals surface area contributed by atoms with E-state index in [9.17, 15) is 9.90 Å². The van der Waals surface area contributed by atoms with Crippen molar-refractivity contribution in [2.24, 2.45) is 10.8 Å². The zero-order chi connectivity index (χ0) is 19.5. The molecule has 2 saturated carbocycles. The zero-order valence-corrected chi connectivity index (χ0v) is 17.7. The van der Waals surface area contributed by atoms with Crippen molar-refractivity contribution < 1.29 is 9.90 Å². The molecule has 150 valence electrons. The Morgan fingerprint density at radius 3 is 2.22 bits per heavy atom. The lowest BCUT2D eigenvalue weighted by Crippen LogP contribution is -2.14. The van der Waals surface area contributed by atoms with Gasteiger partial charge >= 0.3 is 5.97 Å². The number of carboxylic acids is 1. The minimum absolute atomic E-state index is 0.345. The molecule has 0 saturated heterocycles. The van der Waals surface area contributed by atoms with Crippen LogP contribution in [0.4, 0.5) is 0 Å². The summed E-state index contributed by atoms with van der Waals surface area (Å²) >= 11 is 0. The van der Waals surface area contributed by atoms with Gasteiger partial charge in [-0.05, 0) is 106 Å². The summed E-state index contributed by atoms with van der Waals surface area (Å²) in [6, 6.07) is 4.65. The molecule has 1 aromatic rings. The van der Waals surface area contributed by atoms with E-state index in [0.29, 0.717) is 5.41 Å². The fourth-order valence-corrected chi connectivity index (χ4v) is 4.51. The van der Waals surface area contributed by atoms with Gasteiger partial charge in [0, 0.05) is 0 Å². The van der Waals surface area contributed by atoms with E-state index in [4.69, 9.17) is 0 Å². The van der Waals surface area contributed by atoms with Gasteiger partial charge in [0.2, 0.25) is 0 Å². The Balaban J connectivity index is 1.46. The van der Waals surface area contributed by atoms with Crippen molar-refractivity contribution in [3.05, 3.63) is 34.4 Å². The number of benzene rings is 1. The number of aliphatic carboxylic acids is 1. The highest BCUT2D eigenvalue weighted by Gasteiger charge is 2.49. The first-order valence-electron chi connectivity index (χ1n) is 11.2. The molecule has 0 unspecified atom stereocenters. The van der Waals surface area contributed by atoms with Crippen molar-refractivity contribution >= 4 is 5.97 Å². The highest BCUT2D eigenvalue weighted by atomic mass is 16.4. The summed E-state index contributed by atoms with van der Waals surface area (Å²) in [4.78, 5) is 11.3. The van der Waals surface area contributed by atoms with E-state index in [2.05, 4.69) is 32.9 Å². The summed E-state index contributed by atoms with van der Waals surface area (Å²) in [6.45, 7) is 6.94. The molecule has 27 heavy (non-hydrogen) atoms. The van der Waals surface area contributed by atoms with Crippen LogP contribution in [-0.4, -0.2) is 11.1 Å². The summed E-state index contributed by atoms with van der Waals surface area (Å²) in [5, 5.41) is 9.30. The van der Waals surface area contributed by atoms with E-state index in [-0.39, 0.29) is 5.41 Å². The lowest BCUT2D eigenvalue weighted by molar-refractivity contribution is -0.143. The smallest absolute Gasteiger partial charge is 0.309 e. The number of hydrogen-bond acceptors (Lipinski definition) is 1. The molecule has 2 fully saturated rings.